The molecule has 7 nitrogen and oxygen atoms in total. The first-order chi connectivity index (χ1) is 15.3. The van der Waals surface area contributed by atoms with Crippen LogP contribution in [0.4, 0.5) is 8.78 Å². The van der Waals surface area contributed by atoms with E-state index in [0.717, 1.165) is 32.1 Å². The van der Waals surface area contributed by atoms with E-state index in [-0.39, 0.29) is 22.9 Å². The number of hydrogen-bond donors (Lipinski definition) is 1. The van der Waals surface area contributed by atoms with Crippen LogP contribution in [0, 0.1) is 29.6 Å². The predicted octanol–water partition coefficient (Wildman–Crippen LogP) is 3.40. The maximum Gasteiger partial charge on any atom is 0.465 e. The third-order valence-corrected chi connectivity index (χ3v) is 9.50. The number of hydrogen-bond acceptors (Lipinski definition) is 6. The molecular weight excluding hydrogens is 458 g/mol. The van der Waals surface area contributed by atoms with Gasteiger partial charge < -0.3 is 9.47 Å². The molecule has 1 N–H and O–H groups in total. The second-order valence-corrected chi connectivity index (χ2v) is 12.1. The molecule has 5 unspecified atom stereocenters. The van der Waals surface area contributed by atoms with E-state index in [1.54, 1.807) is 0 Å². The predicted molar refractivity (Wildman–Crippen MR) is 111 cm³/mol. The Morgan fingerprint density at radius 1 is 1.09 bits per heavy atom. The first kappa shape index (κ1) is 22.7. The summed E-state index contributed by atoms with van der Waals surface area (Å²) in [4.78, 5) is 23.4. The van der Waals surface area contributed by atoms with Crippen molar-refractivity contribution in [1.82, 2.24) is 0 Å². The normalized spacial score (nSPS) is 36.2. The molecule has 180 valence electrons. The van der Waals surface area contributed by atoms with E-state index in [2.05, 4.69) is 35.9 Å². The molecule has 0 aliphatic heterocycles. The molecule has 4 saturated carbocycles. The second kappa shape index (κ2) is 6.97. The molecule has 4 aliphatic carbocycles. The molecular formula is C23H26F2O7S. The average molecular weight is 485 g/mol. The molecule has 0 aromatic heterocycles. The Labute approximate surface area is 190 Å². The standard InChI is InChI=1S/C23H26F2O7S/c1-14-2-4-15(5-3-14)21-8-17-6-16-7-20(10-21,11-22(16,17)12-21)13-32-18(26)9-31-19(27)23(24,25)33(28,29)30/h2-5,16-17H,6-13H2,1H3,(H,28,29,30). The summed E-state index contributed by atoms with van der Waals surface area (Å²) in [6.45, 7) is 1.01. The van der Waals surface area contributed by atoms with Crippen LogP contribution in [-0.4, -0.2) is 43.4 Å². The maximum absolute atomic E-state index is 13.3. The molecule has 0 heterocycles. The lowest BCUT2D eigenvalue weighted by molar-refractivity contribution is -0.171. The number of carbonyl (C=O) groups excluding carboxylic acids is 2. The van der Waals surface area contributed by atoms with E-state index in [1.165, 1.54) is 17.5 Å². The van der Waals surface area contributed by atoms with Crippen molar-refractivity contribution in [2.45, 2.75) is 56.1 Å². The smallest absolute Gasteiger partial charge is 0.463 e. The molecule has 4 aliphatic rings. The van der Waals surface area contributed by atoms with E-state index >= 15 is 0 Å². The second-order valence-electron chi connectivity index (χ2n) is 10.7. The zero-order chi connectivity index (χ0) is 23.9. The summed E-state index contributed by atoms with van der Waals surface area (Å²) in [5.74, 6) is -2.27. The highest BCUT2D eigenvalue weighted by Crippen LogP contribution is 2.82. The average Bonchev–Trinajstić information content (AvgIpc) is 3.04. The van der Waals surface area contributed by atoms with Crippen LogP contribution in [0.2, 0.25) is 0 Å². The summed E-state index contributed by atoms with van der Waals surface area (Å²) in [5.41, 5.74) is 2.62. The van der Waals surface area contributed by atoms with Crippen LogP contribution in [0.3, 0.4) is 0 Å². The van der Waals surface area contributed by atoms with E-state index in [0.29, 0.717) is 11.8 Å². The Kier molecular flexibility index (Phi) is 4.80. The molecule has 0 amide bonds. The molecule has 1 aromatic rings. The third-order valence-electron chi connectivity index (χ3n) is 8.68. The number of ether oxygens (including phenoxy) is 2. The largest absolute Gasteiger partial charge is 0.465 e. The third kappa shape index (κ3) is 3.31. The zero-order valence-corrected chi connectivity index (χ0v) is 19.0. The van der Waals surface area contributed by atoms with E-state index < -0.39 is 33.9 Å². The Morgan fingerprint density at radius 3 is 2.42 bits per heavy atom. The lowest BCUT2D eigenvalue weighted by Gasteiger charge is -2.50. The van der Waals surface area contributed by atoms with Gasteiger partial charge in [0.15, 0.2) is 6.61 Å². The van der Waals surface area contributed by atoms with Gasteiger partial charge in [-0.25, -0.2) is 9.59 Å². The topological polar surface area (TPSA) is 107 Å². The highest BCUT2D eigenvalue weighted by atomic mass is 32.2. The van der Waals surface area contributed by atoms with Crippen LogP contribution >= 0.6 is 0 Å². The quantitative estimate of drug-likeness (QED) is 0.467. The molecule has 3 bridgehead atoms. The molecule has 10 heteroatoms. The van der Waals surface area contributed by atoms with Gasteiger partial charge in [-0.15, -0.1) is 0 Å². The van der Waals surface area contributed by atoms with Crippen molar-refractivity contribution in [3.8, 4) is 0 Å². The van der Waals surface area contributed by atoms with Crippen LogP contribution < -0.4 is 0 Å². The first-order valence-electron chi connectivity index (χ1n) is 11.1. The van der Waals surface area contributed by atoms with Gasteiger partial charge in [0, 0.05) is 5.41 Å². The van der Waals surface area contributed by atoms with Crippen molar-refractivity contribution >= 4 is 22.1 Å². The molecule has 0 saturated heterocycles. The number of carbonyl (C=O) groups is 2. The minimum absolute atomic E-state index is 0.0400. The number of rotatable bonds is 7. The summed E-state index contributed by atoms with van der Waals surface area (Å²) in [7, 11) is -5.99. The van der Waals surface area contributed by atoms with Gasteiger partial charge in [-0.2, -0.15) is 17.2 Å². The van der Waals surface area contributed by atoms with E-state index in [4.69, 9.17) is 9.29 Å². The molecule has 5 atom stereocenters. The van der Waals surface area contributed by atoms with Gasteiger partial charge in [0.25, 0.3) is 0 Å². The minimum atomic E-state index is -5.99. The van der Waals surface area contributed by atoms with Crippen molar-refractivity contribution < 1.29 is 40.8 Å². The molecule has 1 spiro atoms. The van der Waals surface area contributed by atoms with Crippen molar-refractivity contribution in [1.29, 1.82) is 0 Å². The number of esters is 2. The fourth-order valence-corrected chi connectivity index (χ4v) is 7.90. The van der Waals surface area contributed by atoms with Gasteiger partial charge in [-0.1, -0.05) is 29.8 Å². The van der Waals surface area contributed by atoms with Crippen LogP contribution in [0.15, 0.2) is 24.3 Å². The Balaban J connectivity index is 1.26. The summed E-state index contributed by atoms with van der Waals surface area (Å²) in [6, 6.07) is 8.65. The summed E-state index contributed by atoms with van der Waals surface area (Å²) < 4.78 is 65.7. The van der Waals surface area contributed by atoms with Crippen LogP contribution in [-0.2, 0) is 34.6 Å². The van der Waals surface area contributed by atoms with Gasteiger partial charge in [-0.3, -0.25) is 4.55 Å². The number of alkyl halides is 2. The van der Waals surface area contributed by atoms with Crippen LogP contribution in [0.25, 0.3) is 0 Å². The summed E-state index contributed by atoms with van der Waals surface area (Å²) in [5, 5.41) is -5.15. The summed E-state index contributed by atoms with van der Waals surface area (Å²) >= 11 is 0. The van der Waals surface area contributed by atoms with Crippen LogP contribution in [0.1, 0.15) is 49.7 Å². The van der Waals surface area contributed by atoms with Gasteiger partial charge >= 0.3 is 27.3 Å². The van der Waals surface area contributed by atoms with Crippen LogP contribution in [0.5, 0.6) is 0 Å². The molecule has 33 heavy (non-hydrogen) atoms. The fraction of sp³-hybridized carbons (Fsp3) is 0.652. The molecule has 4 fully saturated rings. The Hall–Kier alpha value is -2.07. The Bertz CT molecular complexity index is 1120. The first-order valence-corrected chi connectivity index (χ1v) is 12.5. The van der Waals surface area contributed by atoms with Gasteiger partial charge in [-0.05, 0) is 73.7 Å². The number of aryl methyl sites for hydroxylation is 1. The highest BCUT2D eigenvalue weighted by molar-refractivity contribution is 7.87. The van der Waals surface area contributed by atoms with Crippen molar-refractivity contribution in [3.05, 3.63) is 35.4 Å². The summed E-state index contributed by atoms with van der Waals surface area (Å²) in [6.07, 6.45) is 6.26. The molecule has 5 rings (SSSR count). The number of fused-ring (bicyclic) bond motifs is 2. The van der Waals surface area contributed by atoms with Gasteiger partial charge in [0.05, 0.1) is 6.61 Å². The van der Waals surface area contributed by atoms with E-state index in [1.807, 2.05) is 0 Å². The zero-order valence-electron chi connectivity index (χ0n) is 18.2. The highest BCUT2D eigenvalue weighted by Gasteiger charge is 2.75. The molecule has 1 aromatic carbocycles. The van der Waals surface area contributed by atoms with Crippen molar-refractivity contribution in [3.63, 3.8) is 0 Å². The number of halogens is 2. The maximum atomic E-state index is 13.3. The number of benzene rings is 1. The molecule has 0 radical (unpaired) electrons. The lowest BCUT2D eigenvalue weighted by atomic mass is 9.54. The minimum Gasteiger partial charge on any atom is -0.463 e. The van der Waals surface area contributed by atoms with Crippen molar-refractivity contribution in [2.24, 2.45) is 22.7 Å². The Morgan fingerprint density at radius 2 is 1.76 bits per heavy atom. The SMILES string of the molecule is Cc1ccc(C23CC4CC5CC(COC(=O)COC(=O)C(F)(F)S(=O)(=O)O)(C2)CC54C3)cc1. The van der Waals surface area contributed by atoms with E-state index in [9.17, 15) is 26.8 Å². The van der Waals surface area contributed by atoms with Gasteiger partial charge in [0.1, 0.15) is 0 Å². The monoisotopic (exact) mass is 484 g/mol. The fourth-order valence-electron chi connectivity index (χ4n) is 7.63. The van der Waals surface area contributed by atoms with Gasteiger partial charge in [0.2, 0.25) is 0 Å². The lowest BCUT2D eigenvalue weighted by Crippen LogP contribution is -2.44. The van der Waals surface area contributed by atoms with Crippen molar-refractivity contribution in [2.75, 3.05) is 13.2 Å².